The number of nitrogens with one attached hydrogen (secondary N) is 1. The summed E-state index contributed by atoms with van der Waals surface area (Å²) in [7, 11) is 0. The highest BCUT2D eigenvalue weighted by atomic mass is 19.4. The molecule has 1 amide bonds. The molecular weight excluding hydrogens is 349 g/mol. The zero-order chi connectivity index (χ0) is 18.8. The molecule has 0 unspecified atom stereocenters. The van der Waals surface area contributed by atoms with Gasteiger partial charge in [-0.25, -0.2) is 4.68 Å². The number of carbonyl (C=O) groups is 1. The third-order valence-electron chi connectivity index (χ3n) is 4.69. The number of nitrogens with zero attached hydrogens (tertiary/aromatic N) is 3. The van der Waals surface area contributed by atoms with Crippen LogP contribution in [0.4, 0.5) is 13.2 Å². The predicted molar refractivity (Wildman–Crippen MR) is 86.9 cm³/mol. The quantitative estimate of drug-likeness (QED) is 0.901. The molecule has 0 atom stereocenters. The highest BCUT2D eigenvalue weighted by Gasteiger charge is 2.35. The van der Waals surface area contributed by atoms with Crippen LogP contribution in [0.3, 0.4) is 0 Å². The normalized spacial score (nSPS) is 17.1. The number of para-hydroxylation sites is 1. The lowest BCUT2D eigenvalue weighted by molar-refractivity contribution is -0.137. The average molecular weight is 368 g/mol. The minimum Gasteiger partial charge on any atom is -0.381 e. The number of aromatic nitrogens is 3. The maximum Gasteiger partial charge on any atom is 0.418 e. The fourth-order valence-electron chi connectivity index (χ4n) is 3.03. The summed E-state index contributed by atoms with van der Waals surface area (Å²) in [5, 5.41) is 10.4. The number of halogens is 3. The molecule has 140 valence electrons. The largest absolute Gasteiger partial charge is 0.418 e. The molecule has 26 heavy (non-hydrogen) atoms. The van der Waals surface area contributed by atoms with E-state index in [4.69, 9.17) is 4.74 Å². The predicted octanol–water partition coefficient (Wildman–Crippen LogP) is 2.98. The lowest BCUT2D eigenvalue weighted by Crippen LogP contribution is -2.51. The van der Waals surface area contributed by atoms with E-state index in [1.165, 1.54) is 24.4 Å². The van der Waals surface area contributed by atoms with Crippen molar-refractivity contribution in [1.82, 2.24) is 20.3 Å². The molecule has 0 aliphatic carbocycles. The molecular formula is C17H19F3N4O2. The van der Waals surface area contributed by atoms with Crippen LogP contribution in [0.1, 0.15) is 42.2 Å². The van der Waals surface area contributed by atoms with Crippen molar-refractivity contribution in [3.63, 3.8) is 0 Å². The van der Waals surface area contributed by atoms with Crippen LogP contribution in [0, 0.1) is 0 Å². The van der Waals surface area contributed by atoms with Gasteiger partial charge in [0.2, 0.25) is 0 Å². The number of amides is 1. The third-order valence-corrected chi connectivity index (χ3v) is 4.69. The Morgan fingerprint density at radius 2 is 2.00 bits per heavy atom. The van der Waals surface area contributed by atoms with Gasteiger partial charge in [-0.15, -0.1) is 5.10 Å². The molecule has 0 radical (unpaired) electrons. The first kappa shape index (κ1) is 18.4. The SMILES string of the molecule is CCC1(NC(=O)c2cn(-c3ccccc3C(F)(F)F)nn2)CCOCC1. The Morgan fingerprint density at radius 3 is 2.65 bits per heavy atom. The van der Waals surface area contributed by atoms with Crippen molar-refractivity contribution < 1.29 is 22.7 Å². The lowest BCUT2D eigenvalue weighted by atomic mass is 9.87. The summed E-state index contributed by atoms with van der Waals surface area (Å²) >= 11 is 0. The number of rotatable bonds is 4. The van der Waals surface area contributed by atoms with Crippen LogP contribution < -0.4 is 5.32 Å². The summed E-state index contributed by atoms with van der Waals surface area (Å²) in [5.41, 5.74) is -1.43. The number of alkyl halides is 3. The van der Waals surface area contributed by atoms with Gasteiger partial charge in [0.15, 0.2) is 5.69 Å². The Kier molecular flexibility index (Phi) is 4.99. The van der Waals surface area contributed by atoms with E-state index in [0.717, 1.165) is 17.2 Å². The second-order valence-corrected chi connectivity index (χ2v) is 6.26. The van der Waals surface area contributed by atoms with E-state index in [9.17, 15) is 18.0 Å². The molecule has 2 heterocycles. The van der Waals surface area contributed by atoms with Gasteiger partial charge in [0.25, 0.3) is 5.91 Å². The van der Waals surface area contributed by atoms with Crippen molar-refractivity contribution in [3.8, 4) is 5.69 Å². The number of hydrogen-bond acceptors (Lipinski definition) is 4. The minimum absolute atomic E-state index is 0.0266. The van der Waals surface area contributed by atoms with Gasteiger partial charge in [-0.3, -0.25) is 4.79 Å². The fourth-order valence-corrected chi connectivity index (χ4v) is 3.03. The van der Waals surface area contributed by atoms with Crippen LogP contribution in [0.5, 0.6) is 0 Å². The van der Waals surface area contributed by atoms with E-state index in [0.29, 0.717) is 26.1 Å². The van der Waals surface area contributed by atoms with Gasteiger partial charge in [-0.2, -0.15) is 13.2 Å². The Hall–Kier alpha value is -2.42. The second kappa shape index (κ2) is 7.06. The molecule has 1 aliphatic rings. The van der Waals surface area contributed by atoms with Crippen LogP contribution in [-0.4, -0.2) is 39.7 Å². The van der Waals surface area contributed by atoms with Crippen molar-refractivity contribution in [1.29, 1.82) is 0 Å². The zero-order valence-electron chi connectivity index (χ0n) is 14.2. The van der Waals surface area contributed by atoms with E-state index in [2.05, 4.69) is 15.6 Å². The average Bonchev–Trinajstić information content (AvgIpc) is 3.12. The van der Waals surface area contributed by atoms with E-state index in [1.807, 2.05) is 6.92 Å². The topological polar surface area (TPSA) is 69.0 Å². The molecule has 0 saturated carbocycles. The van der Waals surface area contributed by atoms with E-state index >= 15 is 0 Å². The second-order valence-electron chi connectivity index (χ2n) is 6.26. The van der Waals surface area contributed by atoms with Crippen molar-refractivity contribution >= 4 is 5.91 Å². The molecule has 3 rings (SSSR count). The van der Waals surface area contributed by atoms with Crippen molar-refractivity contribution in [2.45, 2.75) is 37.9 Å². The lowest BCUT2D eigenvalue weighted by Gasteiger charge is -2.36. The van der Waals surface area contributed by atoms with E-state index < -0.39 is 17.6 Å². The summed E-state index contributed by atoms with van der Waals surface area (Å²) < 4.78 is 45.8. The Balaban J connectivity index is 1.83. The molecule has 9 heteroatoms. The highest BCUT2D eigenvalue weighted by molar-refractivity contribution is 5.92. The highest BCUT2D eigenvalue weighted by Crippen LogP contribution is 2.33. The molecule has 6 nitrogen and oxygen atoms in total. The smallest absolute Gasteiger partial charge is 0.381 e. The molecule has 1 fully saturated rings. The Bertz CT molecular complexity index is 782. The molecule has 1 aromatic carbocycles. The molecule has 1 saturated heterocycles. The zero-order valence-corrected chi connectivity index (χ0v) is 14.2. The standard InChI is InChI=1S/C17H19F3N4O2/c1-2-16(7-9-26-10-8-16)21-15(25)13-11-24(23-22-13)14-6-4-3-5-12(14)17(18,19)20/h3-6,11H,2,7-10H2,1H3,(H,21,25). The summed E-state index contributed by atoms with van der Waals surface area (Å²) in [6, 6.07) is 5.02. The molecule has 0 spiro atoms. The number of benzene rings is 1. The molecule has 1 aromatic heterocycles. The van der Waals surface area contributed by atoms with Gasteiger partial charge in [-0.1, -0.05) is 24.3 Å². The van der Waals surface area contributed by atoms with Crippen LogP contribution in [0.2, 0.25) is 0 Å². The molecule has 2 aromatic rings. The fraction of sp³-hybridized carbons (Fsp3) is 0.471. The molecule has 1 N–H and O–H groups in total. The van der Waals surface area contributed by atoms with E-state index in [1.54, 1.807) is 0 Å². The van der Waals surface area contributed by atoms with Crippen LogP contribution in [0.25, 0.3) is 5.69 Å². The monoisotopic (exact) mass is 368 g/mol. The summed E-state index contributed by atoms with van der Waals surface area (Å²) in [6.07, 6.45) is -1.23. The van der Waals surface area contributed by atoms with Gasteiger partial charge in [0.1, 0.15) is 0 Å². The third kappa shape index (κ3) is 3.72. The maximum atomic E-state index is 13.2. The Morgan fingerprint density at radius 1 is 1.31 bits per heavy atom. The van der Waals surface area contributed by atoms with E-state index in [-0.39, 0.29) is 16.9 Å². The van der Waals surface area contributed by atoms with Crippen LogP contribution in [0.15, 0.2) is 30.5 Å². The first-order chi connectivity index (χ1) is 12.3. The van der Waals surface area contributed by atoms with Gasteiger partial charge in [0, 0.05) is 18.8 Å². The first-order valence-electron chi connectivity index (χ1n) is 8.34. The summed E-state index contributed by atoms with van der Waals surface area (Å²) in [5.74, 6) is -0.454. The molecule has 0 bridgehead atoms. The van der Waals surface area contributed by atoms with Gasteiger partial charge < -0.3 is 10.1 Å². The number of ether oxygens (including phenoxy) is 1. The van der Waals surface area contributed by atoms with Gasteiger partial charge >= 0.3 is 6.18 Å². The number of hydrogen-bond donors (Lipinski definition) is 1. The number of carbonyl (C=O) groups excluding carboxylic acids is 1. The summed E-state index contributed by atoms with van der Waals surface area (Å²) in [4.78, 5) is 12.5. The van der Waals surface area contributed by atoms with Crippen LogP contribution >= 0.6 is 0 Å². The summed E-state index contributed by atoms with van der Waals surface area (Å²) in [6.45, 7) is 3.08. The van der Waals surface area contributed by atoms with Crippen LogP contribution in [-0.2, 0) is 10.9 Å². The maximum absolute atomic E-state index is 13.2. The van der Waals surface area contributed by atoms with Gasteiger partial charge in [-0.05, 0) is 31.4 Å². The minimum atomic E-state index is -4.53. The Labute approximate surface area is 148 Å². The first-order valence-corrected chi connectivity index (χ1v) is 8.34. The van der Waals surface area contributed by atoms with Crippen molar-refractivity contribution in [3.05, 3.63) is 41.7 Å². The van der Waals surface area contributed by atoms with Gasteiger partial charge in [0.05, 0.1) is 17.4 Å². The van der Waals surface area contributed by atoms with Crippen molar-refractivity contribution in [2.75, 3.05) is 13.2 Å². The van der Waals surface area contributed by atoms with Crippen molar-refractivity contribution in [2.24, 2.45) is 0 Å². The molecule has 1 aliphatic heterocycles.